The first-order valence-corrected chi connectivity index (χ1v) is 23.3. The zero-order chi connectivity index (χ0) is 43.3. The molecule has 0 aliphatic heterocycles. The van der Waals surface area contributed by atoms with Gasteiger partial charge in [-0.2, -0.15) is 6.08 Å². The van der Waals surface area contributed by atoms with Crippen molar-refractivity contribution in [2.24, 2.45) is 0 Å². The maximum atomic E-state index is 3.88. The van der Waals surface area contributed by atoms with Crippen LogP contribution >= 0.6 is 24.8 Å². The Morgan fingerprint density at radius 2 is 1.03 bits per heavy atom. The summed E-state index contributed by atoms with van der Waals surface area (Å²) in [6, 6.07) is 63.5. The zero-order valence-electron chi connectivity index (χ0n) is 38.0. The van der Waals surface area contributed by atoms with Crippen molar-refractivity contribution in [2.75, 3.05) is 0 Å². The van der Waals surface area contributed by atoms with Gasteiger partial charge >= 0.3 is 158 Å². The van der Waals surface area contributed by atoms with Crippen LogP contribution in [0.25, 0.3) is 54.9 Å². The van der Waals surface area contributed by atoms with E-state index in [2.05, 4.69) is 224 Å². The second kappa shape index (κ2) is 21.4. The first-order chi connectivity index (χ1) is 29.9. The van der Waals surface area contributed by atoms with Gasteiger partial charge in [0, 0.05) is 0 Å². The molecule has 0 spiro atoms. The van der Waals surface area contributed by atoms with Gasteiger partial charge < -0.3 is 0 Å². The number of rotatable bonds is 6. The molecule has 64 heavy (non-hydrogen) atoms. The van der Waals surface area contributed by atoms with E-state index in [0.717, 1.165) is 25.7 Å². The van der Waals surface area contributed by atoms with Gasteiger partial charge in [0.1, 0.15) is 0 Å². The Hall–Kier alpha value is -4.91. The Balaban J connectivity index is 0.000000193. The molecule has 0 amide bonds. The Morgan fingerprint density at radius 1 is 0.531 bits per heavy atom. The Kier molecular flexibility index (Phi) is 16.2. The number of allylic oxidation sites excluding steroid dienone is 4. The van der Waals surface area contributed by atoms with Crippen molar-refractivity contribution in [1.29, 1.82) is 0 Å². The molecule has 8 aromatic rings. The molecule has 0 saturated heterocycles. The molecule has 0 radical (unpaired) electrons. The summed E-state index contributed by atoms with van der Waals surface area (Å²) in [4.78, 5) is 0. The quantitative estimate of drug-likeness (QED) is 0.146. The van der Waals surface area contributed by atoms with E-state index >= 15 is 0 Å². The van der Waals surface area contributed by atoms with Gasteiger partial charge in [-0.15, -0.1) is 60.1 Å². The van der Waals surface area contributed by atoms with Gasteiger partial charge in [-0.1, -0.05) is 131 Å². The predicted molar refractivity (Wildman–Crippen MR) is 278 cm³/mol. The van der Waals surface area contributed by atoms with Crippen molar-refractivity contribution in [3.63, 3.8) is 0 Å². The minimum atomic E-state index is 0. The molecule has 0 fully saturated rings. The first kappa shape index (κ1) is 48.5. The van der Waals surface area contributed by atoms with Crippen LogP contribution in [-0.4, -0.2) is 3.21 Å². The minimum absolute atomic E-state index is 0. The summed E-state index contributed by atoms with van der Waals surface area (Å²) < 4.78 is 1.59. The molecule has 2 aliphatic carbocycles. The van der Waals surface area contributed by atoms with E-state index in [-0.39, 0.29) is 35.6 Å². The second-order valence-electron chi connectivity index (χ2n) is 18.7. The summed E-state index contributed by atoms with van der Waals surface area (Å²) >= 11 is 1.53. The van der Waals surface area contributed by atoms with E-state index in [0.29, 0.717) is 0 Å². The zero-order valence-corrected chi connectivity index (χ0v) is 42.1. The molecule has 0 N–H and O–H groups in total. The molecule has 0 unspecified atom stereocenters. The molecule has 0 atom stereocenters. The Morgan fingerprint density at radius 3 is 1.53 bits per heavy atom. The third kappa shape index (κ3) is 11.3. The molecule has 3 heteroatoms. The van der Waals surface area contributed by atoms with E-state index in [1.165, 1.54) is 113 Å². The number of halogens is 2. The normalized spacial score (nSPS) is 12.2. The monoisotopic (exact) mass is 950 g/mol. The van der Waals surface area contributed by atoms with Crippen LogP contribution in [0.3, 0.4) is 0 Å². The Bertz CT molecular complexity index is 2720. The number of benzene rings is 8. The van der Waals surface area contributed by atoms with Gasteiger partial charge in [-0.05, 0) is 39.5 Å². The van der Waals surface area contributed by atoms with Crippen molar-refractivity contribution in [3.05, 3.63) is 228 Å². The van der Waals surface area contributed by atoms with E-state index in [9.17, 15) is 0 Å². The molecule has 10 rings (SSSR count). The van der Waals surface area contributed by atoms with E-state index in [4.69, 9.17) is 0 Å². The van der Waals surface area contributed by atoms with Crippen molar-refractivity contribution >= 4 is 49.6 Å². The van der Waals surface area contributed by atoms with Crippen LogP contribution in [0, 0.1) is 12.1 Å². The fourth-order valence-electron chi connectivity index (χ4n) is 8.86. The SMILES string of the molecule is CC(C)(C)c1cc2c([c-]c1-c1ccccc1)Cc1cc(-c3ccccc3)c(C(C)(C)C)cc1-2.Cl.Cl.[C-]1=CC=CC1.[Zr+2]=[C](Cc1cccc2ccccc12)Cc1cccc2ccccc12. The van der Waals surface area contributed by atoms with Gasteiger partial charge in [0.05, 0.1) is 0 Å². The van der Waals surface area contributed by atoms with Gasteiger partial charge in [0.15, 0.2) is 0 Å². The maximum absolute atomic E-state index is 3.88. The number of fused-ring (bicyclic) bond motifs is 5. The van der Waals surface area contributed by atoms with Gasteiger partial charge in [-0.25, -0.2) is 12.2 Å². The summed E-state index contributed by atoms with van der Waals surface area (Å²) in [6.45, 7) is 13.9. The van der Waals surface area contributed by atoms with Crippen LogP contribution in [0.4, 0.5) is 0 Å². The molecule has 0 bridgehead atoms. The van der Waals surface area contributed by atoms with Crippen molar-refractivity contribution in [2.45, 2.75) is 78.1 Å². The number of hydrogen-bond donors (Lipinski definition) is 0. The molecular formula is C61H58Cl2Zr. The number of hydrogen-bond acceptors (Lipinski definition) is 0. The molecular weight excluding hydrogens is 895 g/mol. The van der Waals surface area contributed by atoms with E-state index in [1.54, 1.807) is 3.21 Å². The molecule has 2 aliphatic rings. The van der Waals surface area contributed by atoms with Crippen molar-refractivity contribution in [1.82, 2.24) is 0 Å². The molecule has 0 aromatic heterocycles. The molecule has 8 aromatic carbocycles. The fraction of sp³-hybridized carbons (Fsp3) is 0.197. The van der Waals surface area contributed by atoms with E-state index < -0.39 is 0 Å². The third-order valence-corrected chi connectivity index (χ3v) is 12.8. The van der Waals surface area contributed by atoms with Crippen LogP contribution in [0.5, 0.6) is 0 Å². The molecule has 0 heterocycles. The second-order valence-corrected chi connectivity index (χ2v) is 20.4. The average molecular weight is 953 g/mol. The van der Waals surface area contributed by atoms with Crippen LogP contribution in [-0.2, 0) is 54.3 Å². The van der Waals surface area contributed by atoms with Gasteiger partial charge in [0.2, 0.25) is 0 Å². The third-order valence-electron chi connectivity index (χ3n) is 12.0. The molecule has 320 valence electrons. The summed E-state index contributed by atoms with van der Waals surface area (Å²) in [5, 5.41) is 5.45. The fourth-order valence-corrected chi connectivity index (χ4v) is 9.79. The summed E-state index contributed by atoms with van der Waals surface area (Å²) in [5.41, 5.74) is 16.4. The summed E-state index contributed by atoms with van der Waals surface area (Å²) in [6.07, 6.45) is 13.1. The van der Waals surface area contributed by atoms with Gasteiger partial charge in [-0.3, -0.25) is 6.08 Å². The van der Waals surface area contributed by atoms with Crippen LogP contribution in [0.1, 0.15) is 81.3 Å². The van der Waals surface area contributed by atoms with Crippen LogP contribution in [0.2, 0.25) is 0 Å². The van der Waals surface area contributed by atoms with Crippen LogP contribution < -0.4 is 0 Å². The first-order valence-electron chi connectivity index (χ1n) is 22.0. The molecule has 0 nitrogen and oxygen atoms in total. The van der Waals surface area contributed by atoms with Gasteiger partial charge in [0.25, 0.3) is 0 Å². The standard InChI is InChI=1S/C33H33.C23H18.C5H5.2ClH.Zr/c1-32(2,3)30-20-26-24(18-28(30)22-13-9-7-10-14-22)17-25-19-29(23-15-11-8-12-16-23)31(21-27(25)26)33(4,5)6;1-3-16-22-18(8-1)10-5-12-20(22)14-7-15-21-13-6-11-19-9-2-4-17-23(19)21;1-2-4-5-3-1;;;/h7-16,18,20-21H,17H2,1-6H3;1-6,8-13,16-17H,14-15H2;1-3H,4H2;2*1H;/q-1;;-1;;;+2. The summed E-state index contributed by atoms with van der Waals surface area (Å²) in [5.74, 6) is 0. The molecule has 0 saturated carbocycles. The van der Waals surface area contributed by atoms with Crippen molar-refractivity contribution < 1.29 is 24.2 Å². The topological polar surface area (TPSA) is 0 Å². The van der Waals surface area contributed by atoms with Crippen LogP contribution in [0.15, 0.2) is 182 Å². The Labute approximate surface area is 409 Å². The average Bonchev–Trinajstić information content (AvgIpc) is 3.98. The van der Waals surface area contributed by atoms with E-state index in [1.807, 2.05) is 12.2 Å². The van der Waals surface area contributed by atoms with Crippen molar-refractivity contribution in [3.8, 4) is 33.4 Å². The predicted octanol–water partition coefficient (Wildman–Crippen LogP) is 16.6. The summed E-state index contributed by atoms with van der Waals surface area (Å²) in [7, 11) is 0.